The van der Waals surface area contributed by atoms with Crippen LogP contribution in [0.4, 0.5) is 11.9 Å². The van der Waals surface area contributed by atoms with E-state index in [0.29, 0.717) is 24.4 Å². The predicted molar refractivity (Wildman–Crippen MR) is 73.7 cm³/mol. The topological polar surface area (TPSA) is 101 Å². The summed E-state index contributed by atoms with van der Waals surface area (Å²) < 4.78 is 1.71. The molecular formula is C12H17N7O. The standard InChI is InChI=1S/C12H17N7O/c1-13-9-16-10(15-6-12(7-20)2-3-12)18-11(17-9)19-5-4-14-8-19/h4-5,8,20H,2-3,6-7H2,1H3,(H2,13,15,16,17,18). The third-order valence-corrected chi connectivity index (χ3v) is 3.50. The first-order valence-electron chi connectivity index (χ1n) is 6.52. The number of imidazole rings is 1. The molecule has 3 N–H and O–H groups in total. The van der Waals surface area contributed by atoms with E-state index in [2.05, 4.69) is 30.6 Å². The van der Waals surface area contributed by atoms with Crippen LogP contribution in [0, 0.1) is 5.41 Å². The Kier molecular flexibility index (Phi) is 3.23. The van der Waals surface area contributed by atoms with E-state index < -0.39 is 0 Å². The van der Waals surface area contributed by atoms with Crippen molar-refractivity contribution in [3.8, 4) is 5.95 Å². The second kappa shape index (κ2) is 5.04. The minimum absolute atomic E-state index is 0.00159. The maximum atomic E-state index is 9.32. The van der Waals surface area contributed by atoms with E-state index in [0.717, 1.165) is 12.8 Å². The van der Waals surface area contributed by atoms with Crippen LogP contribution in [0.5, 0.6) is 0 Å². The molecule has 0 amide bonds. The SMILES string of the molecule is CNc1nc(NCC2(CO)CC2)nc(-n2ccnc2)n1. The summed E-state index contributed by atoms with van der Waals surface area (Å²) in [7, 11) is 1.76. The molecule has 0 saturated heterocycles. The highest BCUT2D eigenvalue weighted by Gasteiger charge is 2.41. The number of nitrogens with one attached hydrogen (secondary N) is 2. The number of aliphatic hydroxyl groups is 1. The molecule has 3 rings (SSSR count). The summed E-state index contributed by atoms with van der Waals surface area (Å²) in [5.41, 5.74) is 0.00159. The Bertz CT molecular complexity index is 579. The molecule has 8 nitrogen and oxygen atoms in total. The van der Waals surface area contributed by atoms with Crippen LogP contribution in [0.3, 0.4) is 0 Å². The van der Waals surface area contributed by atoms with Crippen LogP contribution in [0.2, 0.25) is 0 Å². The molecule has 20 heavy (non-hydrogen) atoms. The van der Waals surface area contributed by atoms with Crippen molar-refractivity contribution in [3.63, 3.8) is 0 Å². The molecule has 106 valence electrons. The van der Waals surface area contributed by atoms with Crippen molar-refractivity contribution in [1.29, 1.82) is 0 Å². The van der Waals surface area contributed by atoms with E-state index in [9.17, 15) is 5.11 Å². The molecule has 0 bridgehead atoms. The van der Waals surface area contributed by atoms with Crippen molar-refractivity contribution in [1.82, 2.24) is 24.5 Å². The fourth-order valence-electron chi connectivity index (χ4n) is 1.88. The highest BCUT2D eigenvalue weighted by Crippen LogP contribution is 2.44. The largest absolute Gasteiger partial charge is 0.396 e. The maximum absolute atomic E-state index is 9.32. The van der Waals surface area contributed by atoms with E-state index in [1.54, 1.807) is 30.3 Å². The molecule has 2 aromatic rings. The Morgan fingerprint density at radius 3 is 2.70 bits per heavy atom. The van der Waals surface area contributed by atoms with Gasteiger partial charge in [-0.2, -0.15) is 15.0 Å². The van der Waals surface area contributed by atoms with Gasteiger partial charge in [0.1, 0.15) is 6.33 Å². The maximum Gasteiger partial charge on any atom is 0.241 e. The van der Waals surface area contributed by atoms with Crippen LogP contribution in [-0.2, 0) is 0 Å². The van der Waals surface area contributed by atoms with Crippen molar-refractivity contribution < 1.29 is 5.11 Å². The normalized spacial score (nSPS) is 15.9. The van der Waals surface area contributed by atoms with Crippen LogP contribution >= 0.6 is 0 Å². The molecule has 0 radical (unpaired) electrons. The molecule has 1 saturated carbocycles. The second-order valence-electron chi connectivity index (χ2n) is 5.01. The van der Waals surface area contributed by atoms with E-state index in [4.69, 9.17) is 0 Å². The average molecular weight is 275 g/mol. The summed E-state index contributed by atoms with van der Waals surface area (Å²) in [4.78, 5) is 16.9. The van der Waals surface area contributed by atoms with Gasteiger partial charge in [-0.25, -0.2) is 4.98 Å². The van der Waals surface area contributed by atoms with E-state index >= 15 is 0 Å². The molecule has 0 aliphatic heterocycles. The first-order valence-corrected chi connectivity index (χ1v) is 6.52. The molecule has 2 heterocycles. The number of aliphatic hydroxyl groups excluding tert-OH is 1. The zero-order valence-electron chi connectivity index (χ0n) is 11.2. The van der Waals surface area contributed by atoms with Crippen molar-refractivity contribution in [2.75, 3.05) is 30.8 Å². The van der Waals surface area contributed by atoms with Gasteiger partial charge in [-0.15, -0.1) is 0 Å². The lowest BCUT2D eigenvalue weighted by atomic mass is 10.1. The third kappa shape index (κ3) is 2.55. The van der Waals surface area contributed by atoms with Gasteiger partial charge < -0.3 is 15.7 Å². The zero-order chi connectivity index (χ0) is 14.0. The summed E-state index contributed by atoms with van der Waals surface area (Å²) in [6, 6.07) is 0. The van der Waals surface area contributed by atoms with Gasteiger partial charge in [-0.05, 0) is 12.8 Å². The molecule has 1 aliphatic rings. The summed E-state index contributed by atoms with van der Waals surface area (Å²) in [5, 5.41) is 15.4. The Labute approximate surface area is 116 Å². The summed E-state index contributed by atoms with van der Waals surface area (Å²) in [6.07, 6.45) is 7.15. The molecule has 0 spiro atoms. The second-order valence-corrected chi connectivity index (χ2v) is 5.01. The van der Waals surface area contributed by atoms with Gasteiger partial charge in [0.25, 0.3) is 0 Å². The smallest absolute Gasteiger partial charge is 0.241 e. The van der Waals surface area contributed by atoms with E-state index in [-0.39, 0.29) is 12.0 Å². The molecule has 1 fully saturated rings. The van der Waals surface area contributed by atoms with Crippen molar-refractivity contribution in [2.24, 2.45) is 5.41 Å². The number of hydrogen-bond donors (Lipinski definition) is 3. The lowest BCUT2D eigenvalue weighted by Gasteiger charge is -2.13. The van der Waals surface area contributed by atoms with Crippen molar-refractivity contribution in [2.45, 2.75) is 12.8 Å². The van der Waals surface area contributed by atoms with Gasteiger partial charge >= 0.3 is 0 Å². The molecule has 2 aromatic heterocycles. The van der Waals surface area contributed by atoms with Gasteiger partial charge in [-0.1, -0.05) is 0 Å². The Balaban J connectivity index is 1.81. The Morgan fingerprint density at radius 2 is 2.10 bits per heavy atom. The van der Waals surface area contributed by atoms with Crippen molar-refractivity contribution >= 4 is 11.9 Å². The summed E-state index contributed by atoms with van der Waals surface area (Å²) in [6.45, 7) is 0.860. The summed E-state index contributed by atoms with van der Waals surface area (Å²) >= 11 is 0. The predicted octanol–water partition coefficient (Wildman–Crippen LogP) is 0.283. The van der Waals surface area contributed by atoms with Crippen LogP contribution in [0.25, 0.3) is 5.95 Å². The fourth-order valence-corrected chi connectivity index (χ4v) is 1.88. The molecule has 1 aliphatic carbocycles. The van der Waals surface area contributed by atoms with Crippen LogP contribution in [-0.4, -0.2) is 49.8 Å². The first-order chi connectivity index (χ1) is 9.74. The van der Waals surface area contributed by atoms with Crippen LogP contribution in [0.1, 0.15) is 12.8 Å². The average Bonchev–Trinajstić information content (AvgIpc) is 3.06. The van der Waals surface area contributed by atoms with Gasteiger partial charge in [0.05, 0.1) is 6.61 Å². The summed E-state index contributed by atoms with van der Waals surface area (Å²) in [5.74, 6) is 1.48. The number of aromatic nitrogens is 5. The zero-order valence-corrected chi connectivity index (χ0v) is 11.2. The molecule has 8 heteroatoms. The monoisotopic (exact) mass is 275 g/mol. The molecule has 0 aromatic carbocycles. The molecular weight excluding hydrogens is 258 g/mol. The van der Waals surface area contributed by atoms with Gasteiger partial charge in [0, 0.05) is 31.4 Å². The first kappa shape index (κ1) is 12.8. The van der Waals surface area contributed by atoms with Crippen molar-refractivity contribution in [3.05, 3.63) is 18.7 Å². The number of rotatable bonds is 6. The van der Waals surface area contributed by atoms with Gasteiger partial charge in [0.2, 0.25) is 17.8 Å². The van der Waals surface area contributed by atoms with Gasteiger partial charge in [0.15, 0.2) is 0 Å². The van der Waals surface area contributed by atoms with Gasteiger partial charge in [-0.3, -0.25) is 4.57 Å². The fraction of sp³-hybridized carbons (Fsp3) is 0.500. The van der Waals surface area contributed by atoms with Crippen LogP contribution < -0.4 is 10.6 Å². The van der Waals surface area contributed by atoms with Crippen LogP contribution in [0.15, 0.2) is 18.7 Å². The highest BCUT2D eigenvalue weighted by molar-refractivity contribution is 5.38. The minimum Gasteiger partial charge on any atom is -0.396 e. The molecule has 0 unspecified atom stereocenters. The molecule has 0 atom stereocenters. The highest BCUT2D eigenvalue weighted by atomic mass is 16.3. The Morgan fingerprint density at radius 1 is 1.30 bits per heavy atom. The quantitative estimate of drug-likeness (QED) is 0.696. The lowest BCUT2D eigenvalue weighted by Crippen LogP contribution is -2.21. The van der Waals surface area contributed by atoms with E-state index in [1.165, 1.54) is 0 Å². The number of hydrogen-bond acceptors (Lipinski definition) is 7. The lowest BCUT2D eigenvalue weighted by molar-refractivity contribution is 0.219. The minimum atomic E-state index is 0.00159. The van der Waals surface area contributed by atoms with E-state index in [1.807, 2.05) is 0 Å². The third-order valence-electron chi connectivity index (χ3n) is 3.50. The Hall–Kier alpha value is -2.22. The number of anilines is 2. The number of nitrogens with zero attached hydrogens (tertiary/aromatic N) is 5.